The highest BCUT2D eigenvalue weighted by Gasteiger charge is 2.40. The number of hydrogen-bond acceptors (Lipinski definition) is 6. The molecular formula is C12H16IN3O6. The van der Waals surface area contributed by atoms with Gasteiger partial charge in [0, 0.05) is 20.9 Å². The molecule has 10 heteroatoms. The van der Waals surface area contributed by atoms with Crippen LogP contribution in [0.4, 0.5) is 0 Å². The zero-order chi connectivity index (χ0) is 16.6. The van der Waals surface area contributed by atoms with Crippen molar-refractivity contribution >= 4 is 34.5 Å². The third-order valence-corrected chi connectivity index (χ3v) is 5.05. The molecule has 0 aliphatic carbocycles. The number of hydrogen-bond donors (Lipinski definition) is 0. The van der Waals surface area contributed by atoms with Crippen molar-refractivity contribution in [2.75, 3.05) is 6.61 Å². The molecule has 1 aromatic rings. The van der Waals surface area contributed by atoms with E-state index in [4.69, 9.17) is 9.47 Å². The summed E-state index contributed by atoms with van der Waals surface area (Å²) in [4.78, 5) is 46.6. The average molecular weight is 425 g/mol. The van der Waals surface area contributed by atoms with E-state index in [9.17, 15) is 19.2 Å². The normalized spacial score (nSPS) is 23.7. The predicted molar refractivity (Wildman–Crippen MR) is 83.0 cm³/mol. The molecule has 0 saturated carbocycles. The van der Waals surface area contributed by atoms with E-state index in [1.165, 1.54) is 30.3 Å². The lowest BCUT2D eigenvalue weighted by molar-refractivity contribution is -0.151. The molecule has 0 radical (unpaired) electrons. The van der Waals surface area contributed by atoms with Crippen LogP contribution in [-0.4, -0.2) is 42.5 Å². The highest BCUT2D eigenvalue weighted by atomic mass is 127. The van der Waals surface area contributed by atoms with Crippen molar-refractivity contribution in [2.24, 2.45) is 7.05 Å². The predicted octanol–water partition coefficient (Wildman–Crippen LogP) is -0.798. The second kappa shape index (κ2) is 6.26. The molecule has 2 rings (SSSR count). The second-order valence-corrected chi connectivity index (χ2v) is 6.45. The molecule has 1 aromatic heterocycles. The zero-order valence-electron chi connectivity index (χ0n) is 12.3. The van der Waals surface area contributed by atoms with E-state index >= 15 is 0 Å². The highest BCUT2D eigenvalue weighted by Crippen LogP contribution is 2.28. The first-order valence-corrected chi connectivity index (χ1v) is 7.81. The first kappa shape index (κ1) is 16.8. The smallest absolute Gasteiger partial charge is 0.347 e. The minimum Gasteiger partial charge on any atom is -0.464 e. The van der Waals surface area contributed by atoms with Crippen LogP contribution in [0, 0.1) is 0 Å². The van der Waals surface area contributed by atoms with Gasteiger partial charge < -0.3 is 9.47 Å². The number of ether oxygens (including phenoxy) is 2. The van der Waals surface area contributed by atoms with Crippen molar-refractivity contribution in [1.29, 1.82) is 0 Å². The molecule has 0 unspecified atom stereocenters. The SMILES string of the molecule is CC(=O)OC[C@@H]1[C@@H](I)[C@H](OC(C)=O)Cn2c(=O)n(C)c(=O)n21. The van der Waals surface area contributed by atoms with E-state index in [0.717, 1.165) is 4.57 Å². The fourth-order valence-electron chi connectivity index (χ4n) is 2.43. The van der Waals surface area contributed by atoms with E-state index in [1.54, 1.807) is 0 Å². The van der Waals surface area contributed by atoms with Crippen LogP contribution in [0.25, 0.3) is 0 Å². The molecule has 22 heavy (non-hydrogen) atoms. The van der Waals surface area contributed by atoms with Gasteiger partial charge in [-0.2, -0.15) is 0 Å². The van der Waals surface area contributed by atoms with Gasteiger partial charge in [0.25, 0.3) is 0 Å². The van der Waals surface area contributed by atoms with Crippen LogP contribution in [0.5, 0.6) is 0 Å². The maximum atomic E-state index is 12.2. The maximum Gasteiger partial charge on any atom is 0.347 e. The Balaban J connectivity index is 2.48. The lowest BCUT2D eigenvalue weighted by atomic mass is 10.1. The van der Waals surface area contributed by atoms with Crippen LogP contribution in [0.15, 0.2) is 9.59 Å². The Morgan fingerprint density at radius 2 is 1.86 bits per heavy atom. The molecule has 0 aromatic carbocycles. The largest absolute Gasteiger partial charge is 0.464 e. The van der Waals surface area contributed by atoms with Crippen LogP contribution in [0.3, 0.4) is 0 Å². The van der Waals surface area contributed by atoms with Crippen LogP contribution in [-0.2, 0) is 32.7 Å². The monoisotopic (exact) mass is 425 g/mol. The van der Waals surface area contributed by atoms with Gasteiger partial charge in [0.1, 0.15) is 18.8 Å². The minimum absolute atomic E-state index is 0.0793. The van der Waals surface area contributed by atoms with Gasteiger partial charge in [-0.1, -0.05) is 22.6 Å². The van der Waals surface area contributed by atoms with Crippen molar-refractivity contribution in [3.05, 3.63) is 21.0 Å². The standard InChI is InChI=1S/C12H16IN3O6/c1-6(17)21-5-8-10(13)9(22-7(2)18)4-15-11(19)14(3)12(20)16(8)15/h8-10H,4-5H2,1-3H3/t8-,9-,10-/m1/s1. The van der Waals surface area contributed by atoms with Crippen molar-refractivity contribution in [1.82, 2.24) is 13.9 Å². The fraction of sp³-hybridized carbons (Fsp3) is 0.667. The Kier molecular flexibility index (Phi) is 4.78. The number of alkyl halides is 1. The summed E-state index contributed by atoms with van der Waals surface area (Å²) in [6.45, 7) is 2.54. The van der Waals surface area contributed by atoms with E-state index < -0.39 is 35.5 Å². The summed E-state index contributed by atoms with van der Waals surface area (Å²) in [5.74, 6) is -0.964. The lowest BCUT2D eigenvalue weighted by Crippen LogP contribution is -2.50. The summed E-state index contributed by atoms with van der Waals surface area (Å²) in [7, 11) is 1.37. The minimum atomic E-state index is -0.594. The van der Waals surface area contributed by atoms with Gasteiger partial charge in [-0.25, -0.2) is 23.5 Å². The molecule has 122 valence electrons. The van der Waals surface area contributed by atoms with Gasteiger partial charge in [-0.15, -0.1) is 0 Å². The van der Waals surface area contributed by atoms with Gasteiger partial charge in [-0.05, 0) is 0 Å². The topological polar surface area (TPSA) is 102 Å². The fourth-order valence-corrected chi connectivity index (χ4v) is 3.31. The van der Waals surface area contributed by atoms with Crippen molar-refractivity contribution in [2.45, 2.75) is 36.5 Å². The number of rotatable bonds is 3. The van der Waals surface area contributed by atoms with Crippen LogP contribution >= 0.6 is 22.6 Å². The molecule has 0 fully saturated rings. The molecule has 0 saturated heterocycles. The number of carbonyl (C=O) groups excluding carboxylic acids is 2. The van der Waals surface area contributed by atoms with Crippen molar-refractivity contribution in [3.8, 4) is 0 Å². The van der Waals surface area contributed by atoms with Crippen molar-refractivity contribution < 1.29 is 19.1 Å². The summed E-state index contributed by atoms with van der Waals surface area (Å²) in [5.41, 5.74) is -0.997. The second-order valence-electron chi connectivity index (χ2n) is 5.01. The Labute approximate surface area is 138 Å². The summed E-state index contributed by atoms with van der Waals surface area (Å²) in [6.07, 6.45) is -0.585. The maximum absolute atomic E-state index is 12.2. The van der Waals surface area contributed by atoms with Crippen molar-refractivity contribution in [3.63, 3.8) is 0 Å². The Morgan fingerprint density at radius 3 is 2.41 bits per heavy atom. The van der Waals surface area contributed by atoms with E-state index in [0.29, 0.717) is 0 Å². The van der Waals surface area contributed by atoms with E-state index in [-0.39, 0.29) is 17.1 Å². The number of nitrogens with zero attached hydrogens (tertiary/aromatic N) is 3. The molecule has 0 amide bonds. The van der Waals surface area contributed by atoms with Crippen LogP contribution in [0.1, 0.15) is 19.9 Å². The molecule has 1 aliphatic heterocycles. The molecule has 9 nitrogen and oxygen atoms in total. The first-order chi connectivity index (χ1) is 10.2. The molecule has 0 spiro atoms. The number of halogens is 1. The van der Waals surface area contributed by atoms with Gasteiger partial charge in [0.05, 0.1) is 10.5 Å². The summed E-state index contributed by atoms with van der Waals surface area (Å²) >= 11 is 2.04. The van der Waals surface area contributed by atoms with Gasteiger partial charge in [0.2, 0.25) is 0 Å². The van der Waals surface area contributed by atoms with E-state index in [1.807, 2.05) is 22.6 Å². The Hall–Kier alpha value is -1.59. The quantitative estimate of drug-likeness (QED) is 0.357. The Bertz CT molecular complexity index is 717. The molecule has 0 bridgehead atoms. The van der Waals surface area contributed by atoms with Gasteiger partial charge >= 0.3 is 23.3 Å². The van der Waals surface area contributed by atoms with Gasteiger partial charge in [0.15, 0.2) is 0 Å². The highest BCUT2D eigenvalue weighted by molar-refractivity contribution is 14.1. The summed E-state index contributed by atoms with van der Waals surface area (Å²) in [6, 6.07) is -0.594. The Morgan fingerprint density at radius 1 is 1.23 bits per heavy atom. The molecule has 1 aliphatic rings. The molecular weight excluding hydrogens is 409 g/mol. The van der Waals surface area contributed by atoms with Crippen LogP contribution in [0.2, 0.25) is 0 Å². The first-order valence-electron chi connectivity index (χ1n) is 6.57. The summed E-state index contributed by atoms with van der Waals surface area (Å²) < 4.78 is 13.4. The lowest BCUT2D eigenvalue weighted by Gasteiger charge is -2.35. The number of esters is 2. The third-order valence-electron chi connectivity index (χ3n) is 3.42. The van der Waals surface area contributed by atoms with Gasteiger partial charge in [-0.3, -0.25) is 9.59 Å². The third kappa shape index (κ3) is 2.96. The summed E-state index contributed by atoms with van der Waals surface area (Å²) in [5, 5.41) is 0. The number of carbonyl (C=O) groups is 2. The number of fused-ring (bicyclic) bond motifs is 1. The number of aromatic nitrogens is 3. The zero-order valence-corrected chi connectivity index (χ0v) is 14.5. The molecule has 2 heterocycles. The molecule has 3 atom stereocenters. The molecule has 0 N–H and O–H groups in total. The van der Waals surface area contributed by atoms with E-state index in [2.05, 4.69) is 0 Å². The average Bonchev–Trinajstić information content (AvgIpc) is 2.63. The van der Waals surface area contributed by atoms with Crippen LogP contribution < -0.4 is 11.4 Å².